The van der Waals surface area contributed by atoms with Gasteiger partial charge in [0.2, 0.25) is 10.0 Å². The van der Waals surface area contributed by atoms with Crippen LogP contribution in [0.3, 0.4) is 0 Å². The second kappa shape index (κ2) is 7.69. The first-order valence-corrected chi connectivity index (χ1v) is 11.4. The van der Waals surface area contributed by atoms with Crippen molar-refractivity contribution in [2.75, 3.05) is 0 Å². The Hall–Kier alpha value is -1.78. The predicted molar refractivity (Wildman–Crippen MR) is 109 cm³/mol. The lowest BCUT2D eigenvalue weighted by Crippen LogP contribution is -2.26. The van der Waals surface area contributed by atoms with Gasteiger partial charge in [-0.3, -0.25) is 4.79 Å². The van der Waals surface area contributed by atoms with E-state index < -0.39 is 10.0 Å². The molecule has 3 aromatic rings. The molecule has 6 nitrogen and oxygen atoms in total. The number of carbonyl (C=O) groups is 1. The number of aromatic nitrogens is 1. The molecule has 1 unspecified atom stereocenters. The first-order chi connectivity index (χ1) is 12.6. The third-order valence-electron chi connectivity index (χ3n) is 3.84. The monoisotopic (exact) mass is 441 g/mol. The number of aryl methyl sites for hydroxylation is 1. The van der Waals surface area contributed by atoms with E-state index in [2.05, 4.69) is 10.3 Å². The molecule has 27 heavy (non-hydrogen) atoms. The Labute approximate surface area is 170 Å². The van der Waals surface area contributed by atoms with Crippen LogP contribution in [0.2, 0.25) is 4.34 Å². The number of nitrogens with zero attached hydrogens (tertiary/aromatic N) is 1. The summed E-state index contributed by atoms with van der Waals surface area (Å²) in [6, 6.07) is 9.46. The molecule has 2 aromatic heterocycles. The maximum Gasteiger partial charge on any atom is 0.263 e. The zero-order chi connectivity index (χ0) is 19.8. The second-order valence-electron chi connectivity index (χ2n) is 5.85. The molecule has 1 aromatic carbocycles. The third-order valence-corrected chi connectivity index (χ3v) is 7.33. The van der Waals surface area contributed by atoms with Gasteiger partial charge < -0.3 is 5.32 Å². The van der Waals surface area contributed by atoms with Gasteiger partial charge in [-0.2, -0.15) is 0 Å². The van der Waals surface area contributed by atoms with Gasteiger partial charge >= 0.3 is 0 Å². The van der Waals surface area contributed by atoms with Crippen molar-refractivity contribution in [3.8, 4) is 9.88 Å². The third kappa shape index (κ3) is 4.56. The van der Waals surface area contributed by atoms with Crippen LogP contribution < -0.4 is 10.5 Å². The lowest BCUT2D eigenvalue weighted by molar-refractivity contribution is 0.0943. The van der Waals surface area contributed by atoms with Crippen LogP contribution in [0.5, 0.6) is 0 Å². The van der Waals surface area contributed by atoms with Crippen molar-refractivity contribution in [2.45, 2.75) is 24.8 Å². The summed E-state index contributed by atoms with van der Waals surface area (Å²) in [4.78, 5) is 18.6. The highest BCUT2D eigenvalue weighted by Crippen LogP contribution is 2.35. The molecule has 142 valence electrons. The molecule has 0 aliphatic carbocycles. The van der Waals surface area contributed by atoms with Crippen LogP contribution in [0.1, 0.15) is 33.9 Å². The zero-order valence-electron chi connectivity index (χ0n) is 14.4. The summed E-state index contributed by atoms with van der Waals surface area (Å²) in [6.45, 7) is 3.61. The predicted octanol–water partition coefficient (Wildman–Crippen LogP) is 3.97. The molecule has 0 radical (unpaired) electrons. The van der Waals surface area contributed by atoms with E-state index in [1.807, 2.05) is 13.0 Å². The minimum Gasteiger partial charge on any atom is -0.345 e. The Morgan fingerprint density at radius 3 is 2.41 bits per heavy atom. The molecule has 0 aliphatic rings. The molecule has 3 N–H and O–H groups in total. The normalized spacial score (nSPS) is 12.7. The fourth-order valence-electron chi connectivity index (χ4n) is 2.43. The largest absolute Gasteiger partial charge is 0.345 e. The van der Waals surface area contributed by atoms with Gasteiger partial charge in [0.05, 0.1) is 25.8 Å². The van der Waals surface area contributed by atoms with E-state index in [1.165, 1.54) is 34.8 Å². The van der Waals surface area contributed by atoms with E-state index in [9.17, 15) is 13.2 Å². The number of carbonyl (C=O) groups excluding carboxylic acids is 1. The maximum absolute atomic E-state index is 12.6. The fourth-order valence-corrected chi connectivity index (χ4v) is 5.02. The Bertz CT molecular complexity index is 1090. The maximum atomic E-state index is 12.6. The fraction of sp³-hybridized carbons (Fsp3) is 0.176. The molecule has 0 bridgehead atoms. The number of sulfonamides is 1. The summed E-state index contributed by atoms with van der Waals surface area (Å²) in [5, 5.41) is 8.76. The second-order valence-corrected chi connectivity index (χ2v) is 10.1. The van der Waals surface area contributed by atoms with Crippen molar-refractivity contribution in [3.05, 3.63) is 56.9 Å². The molecule has 0 fully saturated rings. The van der Waals surface area contributed by atoms with Gasteiger partial charge in [0.1, 0.15) is 9.88 Å². The van der Waals surface area contributed by atoms with E-state index in [0.29, 0.717) is 14.9 Å². The molecule has 2 heterocycles. The minimum atomic E-state index is -3.74. The van der Waals surface area contributed by atoms with Gasteiger partial charge in [-0.25, -0.2) is 18.5 Å². The molecule has 0 saturated heterocycles. The zero-order valence-corrected chi connectivity index (χ0v) is 17.6. The average molecular weight is 442 g/mol. The number of nitrogens with one attached hydrogen (secondary N) is 1. The highest BCUT2D eigenvalue weighted by Gasteiger charge is 2.19. The lowest BCUT2D eigenvalue weighted by atomic mass is 10.1. The number of benzene rings is 1. The Morgan fingerprint density at radius 1 is 1.19 bits per heavy atom. The van der Waals surface area contributed by atoms with Gasteiger partial charge in [0, 0.05) is 0 Å². The first-order valence-electron chi connectivity index (χ1n) is 7.82. The summed E-state index contributed by atoms with van der Waals surface area (Å²) in [5.74, 6) is -0.234. The molecule has 0 spiro atoms. The number of rotatable bonds is 5. The Balaban J connectivity index is 1.76. The van der Waals surface area contributed by atoms with Crippen LogP contribution in [0, 0.1) is 6.92 Å². The SMILES string of the molecule is Cc1nc(-c2ccc(Cl)s2)sc1C(=O)NC(C)c1ccc(S(N)(=O)=O)cc1. The average Bonchev–Trinajstić information content (AvgIpc) is 3.20. The smallest absolute Gasteiger partial charge is 0.263 e. The molecule has 0 aliphatic heterocycles. The quantitative estimate of drug-likeness (QED) is 0.625. The van der Waals surface area contributed by atoms with Crippen molar-refractivity contribution in [3.63, 3.8) is 0 Å². The number of amides is 1. The topological polar surface area (TPSA) is 102 Å². The Kier molecular flexibility index (Phi) is 5.68. The minimum absolute atomic E-state index is 0.0299. The number of hydrogen-bond donors (Lipinski definition) is 2. The van der Waals surface area contributed by atoms with Crippen LogP contribution in [-0.2, 0) is 10.0 Å². The van der Waals surface area contributed by atoms with Gasteiger partial charge in [0.15, 0.2) is 0 Å². The van der Waals surface area contributed by atoms with Gasteiger partial charge in [0.25, 0.3) is 5.91 Å². The molecule has 1 atom stereocenters. The van der Waals surface area contributed by atoms with Crippen LogP contribution >= 0.6 is 34.3 Å². The lowest BCUT2D eigenvalue weighted by Gasteiger charge is -2.14. The highest BCUT2D eigenvalue weighted by molar-refractivity contribution is 7.89. The summed E-state index contributed by atoms with van der Waals surface area (Å²) >= 11 is 8.69. The Morgan fingerprint density at radius 2 is 1.85 bits per heavy atom. The van der Waals surface area contributed by atoms with E-state index in [4.69, 9.17) is 16.7 Å². The molecule has 1 amide bonds. The van der Waals surface area contributed by atoms with E-state index in [0.717, 1.165) is 15.4 Å². The molecular weight excluding hydrogens is 426 g/mol. The van der Waals surface area contributed by atoms with Gasteiger partial charge in [-0.15, -0.1) is 22.7 Å². The van der Waals surface area contributed by atoms with Crippen molar-refractivity contribution in [1.82, 2.24) is 10.3 Å². The van der Waals surface area contributed by atoms with E-state index >= 15 is 0 Å². The number of thiazole rings is 1. The number of thiophene rings is 1. The van der Waals surface area contributed by atoms with Crippen LogP contribution in [0.25, 0.3) is 9.88 Å². The standard InChI is InChI=1S/C17H16ClN3O3S3/c1-9(11-3-5-12(6-4-11)27(19,23)24)20-16(22)15-10(2)21-17(26-15)13-7-8-14(18)25-13/h3-9H,1-2H3,(H,20,22)(H2,19,23,24). The summed E-state index contributed by atoms with van der Waals surface area (Å²) in [6.07, 6.45) is 0. The molecular formula is C17H16ClN3O3S3. The van der Waals surface area contributed by atoms with Crippen molar-refractivity contribution in [2.24, 2.45) is 5.14 Å². The highest BCUT2D eigenvalue weighted by atomic mass is 35.5. The van der Waals surface area contributed by atoms with E-state index in [-0.39, 0.29) is 16.8 Å². The first kappa shape index (κ1) is 20.0. The summed E-state index contributed by atoms with van der Waals surface area (Å²) in [7, 11) is -3.74. The molecule has 0 saturated carbocycles. The van der Waals surface area contributed by atoms with Gasteiger partial charge in [-0.05, 0) is 43.7 Å². The van der Waals surface area contributed by atoms with Gasteiger partial charge in [-0.1, -0.05) is 23.7 Å². The number of primary sulfonamides is 1. The van der Waals surface area contributed by atoms with Crippen molar-refractivity contribution < 1.29 is 13.2 Å². The van der Waals surface area contributed by atoms with Crippen LogP contribution in [-0.4, -0.2) is 19.3 Å². The molecule has 10 heteroatoms. The molecule has 3 rings (SSSR count). The number of nitrogens with two attached hydrogens (primary N) is 1. The number of hydrogen-bond acceptors (Lipinski definition) is 6. The summed E-state index contributed by atoms with van der Waals surface area (Å²) < 4.78 is 23.3. The van der Waals surface area contributed by atoms with Crippen LogP contribution in [0.15, 0.2) is 41.3 Å². The summed E-state index contributed by atoms with van der Waals surface area (Å²) in [5.41, 5.74) is 1.41. The van der Waals surface area contributed by atoms with E-state index in [1.54, 1.807) is 25.1 Å². The number of halogens is 1. The van der Waals surface area contributed by atoms with Crippen LogP contribution in [0.4, 0.5) is 0 Å². The van der Waals surface area contributed by atoms with Crippen molar-refractivity contribution >= 4 is 50.2 Å². The van der Waals surface area contributed by atoms with Crippen molar-refractivity contribution in [1.29, 1.82) is 0 Å².